The van der Waals surface area contributed by atoms with Gasteiger partial charge in [0.15, 0.2) is 0 Å². The van der Waals surface area contributed by atoms with Crippen LogP contribution in [-0.2, 0) is 4.74 Å². The molecule has 0 aromatic heterocycles. The van der Waals surface area contributed by atoms with Crippen LogP contribution in [0.3, 0.4) is 0 Å². The third-order valence-electron chi connectivity index (χ3n) is 2.09. The molecule has 108 valence electrons. The Kier molecular flexibility index (Phi) is 4.85. The molecule has 6 nitrogen and oxygen atoms in total. The van der Waals surface area contributed by atoms with Crippen molar-refractivity contribution in [2.75, 3.05) is 0 Å². The summed E-state index contributed by atoms with van der Waals surface area (Å²) in [5.41, 5.74) is 0.151. The van der Waals surface area contributed by atoms with Crippen molar-refractivity contribution in [1.29, 1.82) is 0 Å². The van der Waals surface area contributed by atoms with E-state index in [1.165, 1.54) is 12.1 Å². The highest BCUT2D eigenvalue weighted by Gasteiger charge is 2.16. The van der Waals surface area contributed by atoms with Crippen molar-refractivity contribution in [3.05, 3.63) is 29.8 Å². The van der Waals surface area contributed by atoms with Crippen LogP contribution >= 0.6 is 0 Å². The van der Waals surface area contributed by atoms with Crippen LogP contribution in [0.4, 0.5) is 10.5 Å². The lowest BCUT2D eigenvalue weighted by molar-refractivity contribution is 0.0562. The molecule has 1 amide bonds. The Morgan fingerprint density at radius 1 is 1.20 bits per heavy atom. The average Bonchev–Trinajstić information content (AvgIpc) is 2.26. The number of amidine groups is 1. The first kappa shape index (κ1) is 15.7. The average molecular weight is 278 g/mol. The number of ether oxygens (including phenoxy) is 1. The minimum absolute atomic E-state index is 0.182. The van der Waals surface area contributed by atoms with Gasteiger partial charge in [-0.2, -0.15) is 0 Å². The number of benzene rings is 1. The summed E-state index contributed by atoms with van der Waals surface area (Å²) in [6, 6.07) is 6.01. The summed E-state index contributed by atoms with van der Waals surface area (Å²) in [4.78, 5) is 26.4. The number of aliphatic imine (C=N–C) groups is 1. The van der Waals surface area contributed by atoms with Crippen molar-refractivity contribution in [1.82, 2.24) is 5.32 Å². The predicted molar refractivity (Wildman–Crippen MR) is 75.5 cm³/mol. The summed E-state index contributed by atoms with van der Waals surface area (Å²) in [6.45, 7) is 6.92. The van der Waals surface area contributed by atoms with Gasteiger partial charge in [-0.3, -0.25) is 5.32 Å². The van der Waals surface area contributed by atoms with Crippen LogP contribution in [0.2, 0.25) is 0 Å². The van der Waals surface area contributed by atoms with Crippen LogP contribution in [0, 0.1) is 0 Å². The zero-order valence-corrected chi connectivity index (χ0v) is 11.9. The highest BCUT2D eigenvalue weighted by Crippen LogP contribution is 2.13. The Balaban J connectivity index is 2.69. The fourth-order valence-electron chi connectivity index (χ4n) is 1.35. The summed E-state index contributed by atoms with van der Waals surface area (Å²) in [5, 5.41) is 11.3. The van der Waals surface area contributed by atoms with Crippen LogP contribution in [-0.4, -0.2) is 28.6 Å². The zero-order chi connectivity index (χ0) is 15.3. The maximum absolute atomic E-state index is 11.5. The van der Waals surface area contributed by atoms with Gasteiger partial charge >= 0.3 is 12.1 Å². The minimum atomic E-state index is -0.996. The normalized spacial score (nSPS) is 11.9. The first-order valence-electron chi connectivity index (χ1n) is 6.06. The molecule has 1 aromatic rings. The maximum atomic E-state index is 11.5. The molecule has 2 N–H and O–H groups in total. The van der Waals surface area contributed by atoms with Gasteiger partial charge in [-0.15, -0.1) is 0 Å². The first-order valence-corrected chi connectivity index (χ1v) is 6.06. The van der Waals surface area contributed by atoms with Crippen molar-refractivity contribution in [2.24, 2.45) is 4.99 Å². The number of carboxylic acid groups (broad SMARTS) is 1. The number of nitrogens with zero attached hydrogens (tertiary/aromatic N) is 1. The SMILES string of the molecule is CC(=Nc1ccc(C(=O)O)cc1)NC(=O)OC(C)(C)C. The zero-order valence-electron chi connectivity index (χ0n) is 11.9. The summed E-state index contributed by atoms with van der Waals surface area (Å²) < 4.78 is 5.09. The van der Waals surface area contributed by atoms with E-state index in [0.717, 1.165) is 0 Å². The molecule has 0 fully saturated rings. The fourth-order valence-corrected chi connectivity index (χ4v) is 1.35. The van der Waals surface area contributed by atoms with Gasteiger partial charge in [0.2, 0.25) is 0 Å². The number of aromatic carboxylic acids is 1. The summed E-state index contributed by atoms with van der Waals surface area (Å²) in [5.74, 6) is -0.633. The number of nitrogens with one attached hydrogen (secondary N) is 1. The molecule has 1 aromatic carbocycles. The Morgan fingerprint density at radius 2 is 1.75 bits per heavy atom. The number of amides is 1. The third-order valence-corrected chi connectivity index (χ3v) is 2.09. The van der Waals surface area contributed by atoms with Crippen LogP contribution in [0.1, 0.15) is 38.1 Å². The molecule has 0 saturated carbocycles. The molecule has 0 bridgehead atoms. The highest BCUT2D eigenvalue weighted by molar-refractivity contribution is 5.95. The van der Waals surface area contributed by atoms with Gasteiger partial charge < -0.3 is 9.84 Å². The second-order valence-corrected chi connectivity index (χ2v) is 5.18. The standard InChI is InChI=1S/C14H18N2O4/c1-9(16-13(19)20-14(2,3)4)15-11-7-5-10(6-8-11)12(17)18/h5-8H,1-4H3,(H,17,18)(H,15,16,19). The van der Waals surface area contributed by atoms with E-state index in [1.54, 1.807) is 39.8 Å². The van der Waals surface area contributed by atoms with Gasteiger partial charge in [0.1, 0.15) is 11.4 Å². The van der Waals surface area contributed by atoms with Crippen molar-refractivity contribution in [2.45, 2.75) is 33.3 Å². The summed E-state index contributed by atoms with van der Waals surface area (Å²) >= 11 is 0. The van der Waals surface area contributed by atoms with Gasteiger partial charge in [0.25, 0.3) is 0 Å². The monoisotopic (exact) mass is 278 g/mol. The maximum Gasteiger partial charge on any atom is 0.413 e. The van der Waals surface area contributed by atoms with Crippen LogP contribution in [0.15, 0.2) is 29.3 Å². The quantitative estimate of drug-likeness (QED) is 0.643. The molecule has 1 rings (SSSR count). The number of alkyl carbamates (subject to hydrolysis) is 1. The second-order valence-electron chi connectivity index (χ2n) is 5.18. The summed E-state index contributed by atoms with van der Waals surface area (Å²) in [6.07, 6.45) is -0.582. The van der Waals surface area contributed by atoms with Gasteiger partial charge in [0.05, 0.1) is 11.3 Å². The van der Waals surface area contributed by atoms with Gasteiger partial charge in [0, 0.05) is 0 Å². The van der Waals surface area contributed by atoms with E-state index in [-0.39, 0.29) is 5.56 Å². The van der Waals surface area contributed by atoms with E-state index in [1.807, 2.05) is 0 Å². The number of carboxylic acids is 1. The van der Waals surface area contributed by atoms with Crippen molar-refractivity contribution in [3.8, 4) is 0 Å². The summed E-state index contributed by atoms with van der Waals surface area (Å²) in [7, 11) is 0. The molecule has 0 atom stereocenters. The topological polar surface area (TPSA) is 88.0 Å². The number of carbonyl (C=O) groups excluding carboxylic acids is 1. The lowest BCUT2D eigenvalue weighted by atomic mass is 10.2. The molecule has 0 heterocycles. The van der Waals surface area contributed by atoms with Gasteiger partial charge in [-0.1, -0.05) is 0 Å². The third kappa shape index (κ3) is 5.51. The Morgan fingerprint density at radius 3 is 2.20 bits per heavy atom. The number of carbonyl (C=O) groups is 2. The molecule has 0 radical (unpaired) electrons. The molecular formula is C14H18N2O4. The second kappa shape index (κ2) is 6.18. The Bertz CT molecular complexity index is 527. The van der Waals surface area contributed by atoms with E-state index < -0.39 is 17.7 Å². The van der Waals surface area contributed by atoms with E-state index in [4.69, 9.17) is 9.84 Å². The molecule has 0 aliphatic heterocycles. The van der Waals surface area contributed by atoms with Crippen molar-refractivity contribution in [3.63, 3.8) is 0 Å². The lowest BCUT2D eigenvalue weighted by Crippen LogP contribution is -2.35. The molecule has 0 unspecified atom stereocenters. The van der Waals surface area contributed by atoms with Crippen LogP contribution in [0.5, 0.6) is 0 Å². The van der Waals surface area contributed by atoms with Crippen molar-refractivity contribution >= 4 is 23.6 Å². The predicted octanol–water partition coefficient (Wildman–Crippen LogP) is 2.96. The molecule has 6 heteroatoms. The highest BCUT2D eigenvalue weighted by atomic mass is 16.6. The first-order chi connectivity index (χ1) is 9.17. The molecule has 0 saturated heterocycles. The lowest BCUT2D eigenvalue weighted by Gasteiger charge is -2.19. The van der Waals surface area contributed by atoms with E-state index in [9.17, 15) is 9.59 Å². The fraction of sp³-hybridized carbons (Fsp3) is 0.357. The smallest absolute Gasteiger partial charge is 0.413 e. The number of rotatable bonds is 2. The van der Waals surface area contributed by atoms with Gasteiger partial charge in [-0.05, 0) is 52.0 Å². The molecule has 20 heavy (non-hydrogen) atoms. The van der Waals surface area contributed by atoms with Crippen LogP contribution in [0.25, 0.3) is 0 Å². The van der Waals surface area contributed by atoms with E-state index >= 15 is 0 Å². The molecule has 0 aliphatic rings. The number of hydrogen-bond donors (Lipinski definition) is 2. The molecule has 0 aliphatic carbocycles. The van der Waals surface area contributed by atoms with E-state index in [2.05, 4.69) is 10.3 Å². The Hall–Kier alpha value is -2.37. The minimum Gasteiger partial charge on any atom is -0.478 e. The van der Waals surface area contributed by atoms with Crippen molar-refractivity contribution < 1.29 is 19.4 Å². The molecule has 0 spiro atoms. The van der Waals surface area contributed by atoms with E-state index in [0.29, 0.717) is 11.5 Å². The Labute approximate surface area is 117 Å². The molecular weight excluding hydrogens is 260 g/mol. The van der Waals surface area contributed by atoms with Gasteiger partial charge in [-0.25, -0.2) is 14.6 Å². The van der Waals surface area contributed by atoms with Crippen LogP contribution < -0.4 is 5.32 Å². The number of hydrogen-bond acceptors (Lipinski definition) is 4. The largest absolute Gasteiger partial charge is 0.478 e.